The average Bonchev–Trinajstić information content (AvgIpc) is 3.31. The minimum Gasteiger partial charge on any atom is -0.334 e. The van der Waals surface area contributed by atoms with Crippen molar-refractivity contribution in [2.24, 2.45) is 7.05 Å². The van der Waals surface area contributed by atoms with Crippen LogP contribution in [0.25, 0.3) is 39.2 Å². The fourth-order valence-corrected chi connectivity index (χ4v) is 4.20. The molecule has 0 aliphatic rings. The Morgan fingerprint density at radius 1 is 0.733 bits per heavy atom. The van der Waals surface area contributed by atoms with Gasteiger partial charge in [-0.25, -0.2) is 4.98 Å². The van der Waals surface area contributed by atoms with E-state index in [0.717, 1.165) is 33.9 Å². The van der Waals surface area contributed by atoms with Gasteiger partial charge < -0.3 is 4.57 Å². The molecule has 5 aromatic rings. The molecule has 3 aromatic carbocycles. The lowest BCUT2D eigenvalue weighted by Crippen LogP contribution is -2.05. The SMILES string of the molecule is Cc1cc(-c2ccccc2)cc(C)c1-n1c(C)nnc1-c1ccc2c(c1)ncn2C. The lowest BCUT2D eigenvalue weighted by Gasteiger charge is -2.17. The predicted molar refractivity (Wildman–Crippen MR) is 121 cm³/mol. The fourth-order valence-electron chi connectivity index (χ4n) is 4.20. The first-order valence-corrected chi connectivity index (χ1v) is 10.0. The van der Waals surface area contributed by atoms with E-state index >= 15 is 0 Å². The number of fused-ring (bicyclic) bond motifs is 1. The standard InChI is InChI=1S/C25H23N5/c1-16-12-21(19-8-6-5-7-9-19)13-17(2)24(16)30-18(3)27-28-25(30)20-10-11-23-22(14-20)26-15-29(23)4/h5-15H,1-4H3. The van der Waals surface area contributed by atoms with Crippen molar-refractivity contribution in [3.63, 3.8) is 0 Å². The second kappa shape index (κ2) is 6.95. The molecule has 5 nitrogen and oxygen atoms in total. The number of nitrogens with zero attached hydrogens (tertiary/aromatic N) is 5. The van der Waals surface area contributed by atoms with Gasteiger partial charge in [0.2, 0.25) is 0 Å². The Labute approximate surface area is 175 Å². The second-order valence-electron chi connectivity index (χ2n) is 7.79. The normalized spacial score (nSPS) is 11.3. The van der Waals surface area contributed by atoms with Crippen molar-refractivity contribution in [2.45, 2.75) is 20.8 Å². The summed E-state index contributed by atoms with van der Waals surface area (Å²) in [6.45, 7) is 6.31. The third-order valence-electron chi connectivity index (χ3n) is 5.63. The Balaban J connectivity index is 1.67. The molecule has 0 fully saturated rings. The van der Waals surface area contributed by atoms with Gasteiger partial charge in [-0.15, -0.1) is 10.2 Å². The van der Waals surface area contributed by atoms with Gasteiger partial charge in [-0.05, 0) is 73.4 Å². The third kappa shape index (κ3) is 2.90. The number of hydrogen-bond donors (Lipinski definition) is 0. The molecule has 0 radical (unpaired) electrons. The van der Waals surface area contributed by atoms with Gasteiger partial charge in [-0.1, -0.05) is 30.3 Å². The van der Waals surface area contributed by atoms with Crippen molar-refractivity contribution in [1.82, 2.24) is 24.3 Å². The van der Waals surface area contributed by atoms with Crippen LogP contribution in [0.1, 0.15) is 17.0 Å². The maximum atomic E-state index is 4.52. The lowest BCUT2D eigenvalue weighted by atomic mass is 9.98. The zero-order chi connectivity index (χ0) is 20.8. The molecule has 0 saturated carbocycles. The monoisotopic (exact) mass is 393 g/mol. The molecule has 0 atom stereocenters. The number of aromatic nitrogens is 5. The highest BCUT2D eigenvalue weighted by molar-refractivity contribution is 5.81. The zero-order valence-corrected chi connectivity index (χ0v) is 17.6. The van der Waals surface area contributed by atoms with Gasteiger partial charge >= 0.3 is 0 Å². The number of aryl methyl sites for hydroxylation is 4. The lowest BCUT2D eigenvalue weighted by molar-refractivity contribution is 0.947. The largest absolute Gasteiger partial charge is 0.334 e. The van der Waals surface area contributed by atoms with E-state index in [4.69, 9.17) is 0 Å². The average molecular weight is 393 g/mol. The molecule has 0 amide bonds. The Morgan fingerprint density at radius 2 is 1.47 bits per heavy atom. The maximum Gasteiger partial charge on any atom is 0.168 e. The molecule has 148 valence electrons. The summed E-state index contributed by atoms with van der Waals surface area (Å²) in [5, 5.41) is 8.92. The van der Waals surface area contributed by atoms with Crippen LogP contribution in [0.2, 0.25) is 0 Å². The summed E-state index contributed by atoms with van der Waals surface area (Å²) in [6.07, 6.45) is 1.83. The van der Waals surface area contributed by atoms with Crippen molar-refractivity contribution in [2.75, 3.05) is 0 Å². The molecule has 5 heteroatoms. The molecular formula is C25H23N5. The maximum absolute atomic E-state index is 4.52. The minimum atomic E-state index is 0.832. The van der Waals surface area contributed by atoms with E-state index in [0.29, 0.717) is 0 Å². The molecule has 0 saturated heterocycles. The molecule has 0 unspecified atom stereocenters. The molecule has 0 spiro atoms. The first kappa shape index (κ1) is 18.3. The quantitative estimate of drug-likeness (QED) is 0.412. The van der Waals surface area contributed by atoms with Crippen LogP contribution in [-0.4, -0.2) is 24.3 Å². The molecule has 2 heterocycles. The summed E-state index contributed by atoms with van der Waals surface area (Å²) in [5.74, 6) is 1.70. The summed E-state index contributed by atoms with van der Waals surface area (Å²) in [7, 11) is 2.00. The zero-order valence-electron chi connectivity index (χ0n) is 17.6. The van der Waals surface area contributed by atoms with Crippen LogP contribution < -0.4 is 0 Å². The Morgan fingerprint density at radius 3 is 2.20 bits per heavy atom. The Kier molecular flexibility index (Phi) is 4.24. The molecule has 30 heavy (non-hydrogen) atoms. The highest BCUT2D eigenvalue weighted by Gasteiger charge is 2.18. The van der Waals surface area contributed by atoms with E-state index < -0.39 is 0 Å². The molecular weight excluding hydrogens is 370 g/mol. The van der Waals surface area contributed by atoms with Crippen molar-refractivity contribution < 1.29 is 0 Å². The van der Waals surface area contributed by atoms with E-state index in [2.05, 4.69) is 88.2 Å². The van der Waals surface area contributed by atoms with Crippen molar-refractivity contribution >= 4 is 11.0 Å². The van der Waals surface area contributed by atoms with Crippen LogP contribution in [0, 0.1) is 20.8 Å². The molecule has 0 N–H and O–H groups in total. The van der Waals surface area contributed by atoms with Gasteiger partial charge in [0.15, 0.2) is 5.82 Å². The summed E-state index contributed by atoms with van der Waals surface area (Å²) in [4.78, 5) is 4.50. The number of rotatable bonds is 3. The Hall–Kier alpha value is -3.73. The van der Waals surface area contributed by atoms with Crippen molar-refractivity contribution in [1.29, 1.82) is 0 Å². The minimum absolute atomic E-state index is 0.832. The highest BCUT2D eigenvalue weighted by Crippen LogP contribution is 2.32. The van der Waals surface area contributed by atoms with Gasteiger partial charge in [0.25, 0.3) is 0 Å². The van der Waals surface area contributed by atoms with Crippen molar-refractivity contribution in [3.8, 4) is 28.2 Å². The molecule has 0 aliphatic heterocycles. The number of hydrogen-bond acceptors (Lipinski definition) is 3. The van der Waals surface area contributed by atoms with Crippen molar-refractivity contribution in [3.05, 3.63) is 83.9 Å². The van der Waals surface area contributed by atoms with E-state index in [9.17, 15) is 0 Å². The van der Waals surface area contributed by atoms with Gasteiger partial charge in [-0.3, -0.25) is 4.57 Å². The summed E-state index contributed by atoms with van der Waals surface area (Å²) < 4.78 is 4.18. The summed E-state index contributed by atoms with van der Waals surface area (Å²) >= 11 is 0. The van der Waals surface area contributed by atoms with E-state index in [1.54, 1.807) is 0 Å². The number of benzene rings is 3. The van der Waals surface area contributed by atoms with Crippen LogP contribution in [0.15, 0.2) is 67.0 Å². The number of imidazole rings is 1. The molecule has 2 aromatic heterocycles. The fraction of sp³-hybridized carbons (Fsp3) is 0.160. The summed E-state index contributed by atoms with van der Waals surface area (Å²) in [6, 6.07) is 21.2. The second-order valence-corrected chi connectivity index (χ2v) is 7.79. The van der Waals surface area contributed by atoms with E-state index in [1.807, 2.05) is 30.9 Å². The van der Waals surface area contributed by atoms with E-state index in [-0.39, 0.29) is 0 Å². The van der Waals surface area contributed by atoms with Crippen LogP contribution in [0.3, 0.4) is 0 Å². The molecule has 0 bridgehead atoms. The van der Waals surface area contributed by atoms with Gasteiger partial charge in [0.05, 0.1) is 23.0 Å². The molecule has 5 rings (SSSR count). The first-order chi connectivity index (χ1) is 14.5. The van der Waals surface area contributed by atoms with Crippen LogP contribution in [0.4, 0.5) is 0 Å². The van der Waals surface area contributed by atoms with Crippen LogP contribution >= 0.6 is 0 Å². The van der Waals surface area contributed by atoms with Gasteiger partial charge in [0.1, 0.15) is 5.82 Å². The Bertz CT molecular complexity index is 1350. The van der Waals surface area contributed by atoms with Gasteiger partial charge in [0, 0.05) is 12.6 Å². The predicted octanol–water partition coefficient (Wildman–Crippen LogP) is 5.41. The van der Waals surface area contributed by atoms with Crippen LogP contribution in [0.5, 0.6) is 0 Å². The van der Waals surface area contributed by atoms with E-state index in [1.165, 1.54) is 22.3 Å². The molecule has 0 aliphatic carbocycles. The summed E-state index contributed by atoms with van der Waals surface area (Å²) in [5.41, 5.74) is 9.01. The topological polar surface area (TPSA) is 48.5 Å². The van der Waals surface area contributed by atoms with Gasteiger partial charge in [-0.2, -0.15) is 0 Å². The smallest absolute Gasteiger partial charge is 0.168 e. The first-order valence-electron chi connectivity index (χ1n) is 10.0. The third-order valence-corrected chi connectivity index (χ3v) is 5.63. The van der Waals surface area contributed by atoms with Crippen LogP contribution in [-0.2, 0) is 7.05 Å². The highest BCUT2D eigenvalue weighted by atomic mass is 15.3.